The minimum Gasteiger partial charge on any atom is -0.300 e. The number of amides is 1. The Morgan fingerprint density at radius 2 is 1.70 bits per heavy atom. The van der Waals surface area contributed by atoms with E-state index in [2.05, 4.69) is 31.4 Å². The van der Waals surface area contributed by atoms with Crippen LogP contribution in [0.4, 0.5) is 11.4 Å². The lowest BCUT2D eigenvalue weighted by Gasteiger charge is -2.23. The number of para-hydroxylation sites is 2. The summed E-state index contributed by atoms with van der Waals surface area (Å²) < 4.78 is 0. The fraction of sp³-hybridized carbons (Fsp3) is 0.391. The van der Waals surface area contributed by atoms with Crippen molar-refractivity contribution < 1.29 is 9.59 Å². The van der Waals surface area contributed by atoms with Crippen molar-refractivity contribution in [2.45, 2.75) is 58.8 Å². The first-order valence-corrected chi connectivity index (χ1v) is 9.92. The summed E-state index contributed by atoms with van der Waals surface area (Å²) >= 11 is 0. The van der Waals surface area contributed by atoms with Crippen LogP contribution in [-0.4, -0.2) is 11.7 Å². The molecule has 0 aliphatic carbocycles. The van der Waals surface area contributed by atoms with E-state index in [4.69, 9.17) is 0 Å². The van der Waals surface area contributed by atoms with Crippen LogP contribution < -0.4 is 10.4 Å². The molecule has 4 heteroatoms. The fourth-order valence-corrected chi connectivity index (χ4v) is 3.82. The minimum absolute atomic E-state index is 0.0405. The molecule has 0 bridgehead atoms. The monoisotopic (exact) mass is 364 g/mol. The zero-order valence-electron chi connectivity index (χ0n) is 16.4. The van der Waals surface area contributed by atoms with Crippen LogP contribution in [0.5, 0.6) is 0 Å². The standard InChI is InChI=1S/C23H28N2O2/c1-4-10-18(26)15-20-19-13-9-12-17(6-3)22(19)25(23(20)27)24-21-14-8-7-11-16(21)5-2/h7-9,11-14,20,24H,4-6,10,15H2,1-3H3. The number of fused-ring (bicyclic) bond motifs is 1. The van der Waals surface area contributed by atoms with Gasteiger partial charge in [-0.2, -0.15) is 0 Å². The number of Topliss-reactive ketones (excluding diaryl/α,β-unsaturated/α-hetero) is 1. The summed E-state index contributed by atoms with van der Waals surface area (Å²) in [6, 6.07) is 14.1. The van der Waals surface area contributed by atoms with Gasteiger partial charge in [0.1, 0.15) is 5.78 Å². The molecule has 0 aromatic heterocycles. The molecule has 1 heterocycles. The number of hydrogen-bond acceptors (Lipinski definition) is 3. The van der Waals surface area contributed by atoms with Crippen LogP contribution in [0.1, 0.15) is 62.6 Å². The Morgan fingerprint density at radius 3 is 2.41 bits per heavy atom. The molecule has 0 radical (unpaired) electrons. The van der Waals surface area contributed by atoms with Crippen molar-refractivity contribution in [3.05, 3.63) is 59.2 Å². The number of carbonyl (C=O) groups is 2. The number of aryl methyl sites for hydroxylation is 2. The molecule has 2 aromatic carbocycles. The average Bonchev–Trinajstić information content (AvgIpc) is 2.94. The van der Waals surface area contributed by atoms with Crippen LogP contribution in [0.3, 0.4) is 0 Å². The molecule has 2 aromatic rings. The number of carbonyl (C=O) groups excluding carboxylic acids is 2. The summed E-state index contributed by atoms with van der Waals surface area (Å²) in [5.74, 6) is -0.285. The van der Waals surface area contributed by atoms with Gasteiger partial charge in [0.15, 0.2) is 0 Å². The first kappa shape index (κ1) is 19.2. The highest BCUT2D eigenvalue weighted by Crippen LogP contribution is 2.42. The van der Waals surface area contributed by atoms with Gasteiger partial charge >= 0.3 is 0 Å². The Hall–Kier alpha value is -2.62. The maximum absolute atomic E-state index is 13.3. The molecule has 142 valence electrons. The molecule has 0 saturated carbocycles. The van der Waals surface area contributed by atoms with E-state index in [1.165, 1.54) is 0 Å². The highest BCUT2D eigenvalue weighted by molar-refractivity contribution is 6.08. The van der Waals surface area contributed by atoms with Gasteiger partial charge in [-0.25, -0.2) is 5.01 Å². The summed E-state index contributed by atoms with van der Waals surface area (Å²) in [6.45, 7) is 6.19. The highest BCUT2D eigenvalue weighted by Gasteiger charge is 2.39. The molecule has 1 aliphatic rings. The van der Waals surface area contributed by atoms with E-state index >= 15 is 0 Å². The van der Waals surface area contributed by atoms with Gasteiger partial charge < -0.3 is 0 Å². The fourth-order valence-electron chi connectivity index (χ4n) is 3.82. The molecule has 1 amide bonds. The second-order valence-electron chi connectivity index (χ2n) is 7.05. The maximum atomic E-state index is 13.3. The Balaban J connectivity index is 2.00. The van der Waals surface area contributed by atoms with Gasteiger partial charge in [0.05, 0.1) is 17.3 Å². The number of nitrogens with zero attached hydrogens (tertiary/aromatic N) is 1. The Bertz CT molecular complexity index is 844. The quantitative estimate of drug-likeness (QED) is 0.715. The van der Waals surface area contributed by atoms with E-state index in [-0.39, 0.29) is 18.1 Å². The third kappa shape index (κ3) is 3.75. The average molecular weight is 364 g/mol. The first-order chi connectivity index (χ1) is 13.1. The van der Waals surface area contributed by atoms with Crippen LogP contribution in [-0.2, 0) is 22.4 Å². The second kappa shape index (κ2) is 8.38. The molecule has 1 atom stereocenters. The lowest BCUT2D eigenvalue weighted by atomic mass is 9.92. The molecule has 27 heavy (non-hydrogen) atoms. The van der Waals surface area contributed by atoms with Crippen molar-refractivity contribution in [2.24, 2.45) is 0 Å². The first-order valence-electron chi connectivity index (χ1n) is 9.92. The number of anilines is 2. The van der Waals surface area contributed by atoms with Crippen molar-refractivity contribution >= 4 is 23.1 Å². The molecule has 3 rings (SSSR count). The molecule has 0 fully saturated rings. The molecule has 0 spiro atoms. The van der Waals surface area contributed by atoms with Crippen molar-refractivity contribution in [1.82, 2.24) is 0 Å². The van der Waals surface area contributed by atoms with Crippen molar-refractivity contribution in [1.29, 1.82) is 0 Å². The highest BCUT2D eigenvalue weighted by atomic mass is 16.2. The second-order valence-corrected chi connectivity index (χ2v) is 7.05. The Labute approximate surface area is 161 Å². The van der Waals surface area contributed by atoms with Gasteiger partial charge in [-0.3, -0.25) is 15.0 Å². The number of nitrogens with one attached hydrogen (secondary N) is 1. The van der Waals surface area contributed by atoms with E-state index in [0.29, 0.717) is 6.42 Å². The van der Waals surface area contributed by atoms with E-state index in [1.807, 2.05) is 37.3 Å². The smallest absolute Gasteiger partial charge is 0.253 e. The van der Waals surface area contributed by atoms with Gasteiger partial charge in [-0.15, -0.1) is 0 Å². The summed E-state index contributed by atoms with van der Waals surface area (Å²) in [7, 11) is 0. The predicted octanol–water partition coefficient (Wildman–Crippen LogP) is 5.03. The number of hydrogen-bond donors (Lipinski definition) is 1. The van der Waals surface area contributed by atoms with Crippen LogP contribution in [0.25, 0.3) is 0 Å². The molecule has 1 aliphatic heterocycles. The molecular formula is C23H28N2O2. The van der Waals surface area contributed by atoms with Crippen molar-refractivity contribution in [2.75, 3.05) is 10.4 Å². The lowest BCUT2D eigenvalue weighted by Crippen LogP contribution is -2.35. The normalized spacial score (nSPS) is 15.7. The number of ketones is 1. The van der Waals surface area contributed by atoms with E-state index in [9.17, 15) is 9.59 Å². The SMILES string of the molecule is CCCC(=O)CC1C(=O)N(Nc2ccccc2CC)c2c(CC)cccc21. The zero-order chi connectivity index (χ0) is 19.4. The third-order valence-electron chi connectivity index (χ3n) is 5.24. The van der Waals surface area contributed by atoms with Crippen molar-refractivity contribution in [3.63, 3.8) is 0 Å². The number of hydrazine groups is 1. The van der Waals surface area contributed by atoms with Crippen LogP contribution in [0, 0.1) is 0 Å². The van der Waals surface area contributed by atoms with Crippen LogP contribution >= 0.6 is 0 Å². The minimum atomic E-state index is -0.396. The van der Waals surface area contributed by atoms with Gasteiger partial charge in [0.2, 0.25) is 0 Å². The Morgan fingerprint density at radius 1 is 1.00 bits per heavy atom. The number of benzene rings is 2. The summed E-state index contributed by atoms with van der Waals surface area (Å²) in [5.41, 5.74) is 8.45. The molecule has 1 N–H and O–H groups in total. The zero-order valence-corrected chi connectivity index (χ0v) is 16.4. The van der Waals surface area contributed by atoms with E-state index in [1.54, 1.807) is 5.01 Å². The largest absolute Gasteiger partial charge is 0.300 e. The summed E-state index contributed by atoms with van der Waals surface area (Å²) in [4.78, 5) is 25.6. The molecule has 4 nitrogen and oxygen atoms in total. The predicted molar refractivity (Wildman–Crippen MR) is 110 cm³/mol. The van der Waals surface area contributed by atoms with Gasteiger partial charge in [0.25, 0.3) is 5.91 Å². The summed E-state index contributed by atoms with van der Waals surface area (Å²) in [6.07, 6.45) is 3.33. The number of rotatable bonds is 8. The van der Waals surface area contributed by atoms with Crippen LogP contribution in [0.2, 0.25) is 0 Å². The lowest BCUT2D eigenvalue weighted by molar-refractivity contribution is -0.124. The van der Waals surface area contributed by atoms with Gasteiger partial charge in [-0.05, 0) is 42.0 Å². The van der Waals surface area contributed by atoms with Gasteiger partial charge in [0, 0.05) is 12.8 Å². The van der Waals surface area contributed by atoms with Crippen molar-refractivity contribution in [3.8, 4) is 0 Å². The van der Waals surface area contributed by atoms with Crippen LogP contribution in [0.15, 0.2) is 42.5 Å². The van der Waals surface area contributed by atoms with Gasteiger partial charge in [-0.1, -0.05) is 57.2 Å². The van der Waals surface area contributed by atoms with E-state index in [0.717, 1.165) is 47.3 Å². The molecule has 1 unspecified atom stereocenters. The Kier molecular flexibility index (Phi) is 5.94. The van der Waals surface area contributed by atoms with E-state index < -0.39 is 5.92 Å². The third-order valence-corrected chi connectivity index (χ3v) is 5.24. The maximum Gasteiger partial charge on any atom is 0.253 e. The summed E-state index contributed by atoms with van der Waals surface area (Å²) in [5, 5.41) is 1.67. The molecule has 0 saturated heterocycles. The molecular weight excluding hydrogens is 336 g/mol. The topological polar surface area (TPSA) is 49.4 Å².